The first-order valence-corrected chi connectivity index (χ1v) is 8.70. The molecule has 1 N–H and O–H groups in total. The van der Waals surface area contributed by atoms with Gasteiger partial charge in [-0.05, 0) is 31.0 Å². The SMILES string of the molecule is O=C(c1cncc(Nc2ccc3c(c2)OCO3)c1)N1CCCCCC1. The van der Waals surface area contributed by atoms with E-state index in [2.05, 4.69) is 10.3 Å². The van der Waals surface area contributed by atoms with Crippen LogP contribution >= 0.6 is 0 Å². The van der Waals surface area contributed by atoms with E-state index < -0.39 is 0 Å². The number of hydrogen-bond donors (Lipinski definition) is 1. The summed E-state index contributed by atoms with van der Waals surface area (Å²) < 4.78 is 10.7. The third-order valence-electron chi connectivity index (χ3n) is 4.54. The molecule has 2 aromatic rings. The summed E-state index contributed by atoms with van der Waals surface area (Å²) in [5.41, 5.74) is 2.26. The second-order valence-corrected chi connectivity index (χ2v) is 6.36. The minimum atomic E-state index is 0.0590. The van der Waals surface area contributed by atoms with Crippen LogP contribution in [0.1, 0.15) is 36.0 Å². The number of amides is 1. The Morgan fingerprint density at radius 1 is 0.960 bits per heavy atom. The lowest BCUT2D eigenvalue weighted by atomic mass is 10.2. The fourth-order valence-corrected chi connectivity index (χ4v) is 3.22. The number of fused-ring (bicyclic) bond motifs is 1. The van der Waals surface area contributed by atoms with Gasteiger partial charge >= 0.3 is 0 Å². The molecule has 2 aliphatic heterocycles. The number of carbonyl (C=O) groups excluding carboxylic acids is 1. The summed E-state index contributed by atoms with van der Waals surface area (Å²) in [4.78, 5) is 18.9. The molecule has 1 amide bonds. The van der Waals surface area contributed by atoms with Gasteiger partial charge < -0.3 is 19.7 Å². The molecule has 0 atom stereocenters. The molecule has 0 radical (unpaired) electrons. The van der Waals surface area contributed by atoms with Gasteiger partial charge in [0.1, 0.15) is 0 Å². The van der Waals surface area contributed by atoms with Gasteiger partial charge in [0, 0.05) is 31.0 Å². The number of anilines is 2. The van der Waals surface area contributed by atoms with Crippen molar-refractivity contribution in [2.45, 2.75) is 25.7 Å². The number of ether oxygens (including phenoxy) is 2. The van der Waals surface area contributed by atoms with Crippen LogP contribution < -0.4 is 14.8 Å². The average molecular weight is 339 g/mol. The van der Waals surface area contributed by atoms with E-state index in [1.807, 2.05) is 29.2 Å². The summed E-state index contributed by atoms with van der Waals surface area (Å²) in [5.74, 6) is 1.52. The normalized spacial score (nSPS) is 16.4. The van der Waals surface area contributed by atoms with Crippen molar-refractivity contribution in [2.75, 3.05) is 25.2 Å². The molecule has 1 fully saturated rings. The van der Waals surface area contributed by atoms with Crippen LogP contribution in [0.4, 0.5) is 11.4 Å². The lowest BCUT2D eigenvalue weighted by Gasteiger charge is -2.20. The summed E-state index contributed by atoms with van der Waals surface area (Å²) in [6, 6.07) is 7.51. The Bertz CT molecular complexity index is 770. The van der Waals surface area contributed by atoms with E-state index in [1.54, 1.807) is 12.4 Å². The maximum atomic E-state index is 12.7. The predicted octanol–water partition coefficient (Wildman–Crippen LogP) is 3.57. The molecule has 0 unspecified atom stereocenters. The van der Waals surface area contributed by atoms with Crippen LogP contribution in [-0.4, -0.2) is 35.7 Å². The summed E-state index contributed by atoms with van der Waals surface area (Å²) in [5, 5.41) is 3.28. The van der Waals surface area contributed by atoms with Gasteiger partial charge in [-0.3, -0.25) is 9.78 Å². The fraction of sp³-hybridized carbons (Fsp3) is 0.368. The van der Waals surface area contributed by atoms with Gasteiger partial charge in [0.25, 0.3) is 5.91 Å². The average Bonchev–Trinajstić information content (AvgIpc) is 2.93. The highest BCUT2D eigenvalue weighted by molar-refractivity contribution is 5.95. The Labute approximate surface area is 146 Å². The van der Waals surface area contributed by atoms with Crippen molar-refractivity contribution in [3.05, 3.63) is 42.2 Å². The molecule has 0 aliphatic carbocycles. The smallest absolute Gasteiger partial charge is 0.255 e. The first kappa shape index (κ1) is 15.7. The second-order valence-electron chi connectivity index (χ2n) is 6.36. The summed E-state index contributed by atoms with van der Waals surface area (Å²) in [7, 11) is 0. The largest absolute Gasteiger partial charge is 0.454 e. The van der Waals surface area contributed by atoms with Crippen molar-refractivity contribution in [3.63, 3.8) is 0 Å². The molecule has 2 aliphatic rings. The van der Waals surface area contributed by atoms with Crippen molar-refractivity contribution in [1.29, 1.82) is 0 Å². The summed E-state index contributed by atoms with van der Waals surface area (Å²) >= 11 is 0. The number of likely N-dealkylation sites (tertiary alicyclic amines) is 1. The molecule has 0 bridgehead atoms. The van der Waals surface area contributed by atoms with Crippen molar-refractivity contribution >= 4 is 17.3 Å². The molecule has 1 saturated heterocycles. The highest BCUT2D eigenvalue weighted by atomic mass is 16.7. The van der Waals surface area contributed by atoms with Crippen LogP contribution in [0.25, 0.3) is 0 Å². The van der Waals surface area contributed by atoms with E-state index in [0.717, 1.165) is 48.8 Å². The Balaban J connectivity index is 1.50. The third-order valence-corrected chi connectivity index (χ3v) is 4.54. The Hall–Kier alpha value is -2.76. The van der Waals surface area contributed by atoms with Gasteiger partial charge in [0.05, 0.1) is 17.4 Å². The molecule has 1 aromatic heterocycles. The standard InChI is InChI=1S/C19H21N3O3/c23-19(22-7-3-1-2-4-8-22)14-9-16(12-20-11-14)21-15-5-6-17-18(10-15)25-13-24-17/h5-6,9-12,21H,1-4,7-8,13H2. The van der Waals surface area contributed by atoms with Crippen LogP contribution in [0.2, 0.25) is 0 Å². The van der Waals surface area contributed by atoms with Crippen molar-refractivity contribution in [3.8, 4) is 11.5 Å². The van der Waals surface area contributed by atoms with Gasteiger partial charge in [0.15, 0.2) is 11.5 Å². The fourth-order valence-electron chi connectivity index (χ4n) is 3.22. The molecule has 3 heterocycles. The van der Waals surface area contributed by atoms with Gasteiger partial charge in [-0.25, -0.2) is 0 Å². The zero-order chi connectivity index (χ0) is 17.1. The van der Waals surface area contributed by atoms with Crippen molar-refractivity contribution < 1.29 is 14.3 Å². The van der Waals surface area contributed by atoms with Crippen LogP contribution in [0.15, 0.2) is 36.7 Å². The van der Waals surface area contributed by atoms with Crippen LogP contribution in [-0.2, 0) is 0 Å². The quantitative estimate of drug-likeness (QED) is 0.926. The minimum absolute atomic E-state index is 0.0590. The third kappa shape index (κ3) is 3.52. The molecule has 1 aromatic carbocycles. The van der Waals surface area contributed by atoms with Gasteiger partial charge in [-0.15, -0.1) is 0 Å². The number of aromatic nitrogens is 1. The number of nitrogens with zero attached hydrogens (tertiary/aromatic N) is 2. The van der Waals surface area contributed by atoms with Gasteiger partial charge in [-0.2, -0.15) is 0 Å². The molecular formula is C19H21N3O3. The molecule has 130 valence electrons. The van der Waals surface area contributed by atoms with Gasteiger partial charge in [-0.1, -0.05) is 12.8 Å². The first-order chi connectivity index (χ1) is 12.3. The molecular weight excluding hydrogens is 318 g/mol. The van der Waals surface area contributed by atoms with Crippen LogP contribution in [0, 0.1) is 0 Å². The second kappa shape index (κ2) is 7.01. The molecule has 6 heteroatoms. The monoisotopic (exact) mass is 339 g/mol. The van der Waals surface area contributed by atoms with Gasteiger partial charge in [0.2, 0.25) is 6.79 Å². The van der Waals surface area contributed by atoms with E-state index >= 15 is 0 Å². The van der Waals surface area contributed by atoms with E-state index in [4.69, 9.17) is 9.47 Å². The lowest BCUT2D eigenvalue weighted by Crippen LogP contribution is -2.31. The molecule has 6 nitrogen and oxygen atoms in total. The Morgan fingerprint density at radius 3 is 2.60 bits per heavy atom. The number of nitrogens with one attached hydrogen (secondary N) is 1. The molecule has 0 spiro atoms. The maximum absolute atomic E-state index is 12.7. The van der Waals surface area contributed by atoms with Crippen LogP contribution in [0.5, 0.6) is 11.5 Å². The zero-order valence-electron chi connectivity index (χ0n) is 14.0. The Morgan fingerprint density at radius 2 is 1.76 bits per heavy atom. The van der Waals surface area contributed by atoms with E-state index in [0.29, 0.717) is 5.56 Å². The van der Waals surface area contributed by atoms with E-state index in [-0.39, 0.29) is 12.7 Å². The van der Waals surface area contributed by atoms with Crippen molar-refractivity contribution in [1.82, 2.24) is 9.88 Å². The van der Waals surface area contributed by atoms with Crippen LogP contribution in [0.3, 0.4) is 0 Å². The predicted molar refractivity (Wildman–Crippen MR) is 94.5 cm³/mol. The van der Waals surface area contributed by atoms with Crippen molar-refractivity contribution in [2.24, 2.45) is 0 Å². The number of pyridine rings is 1. The van der Waals surface area contributed by atoms with E-state index in [9.17, 15) is 4.79 Å². The maximum Gasteiger partial charge on any atom is 0.255 e. The highest BCUT2D eigenvalue weighted by Gasteiger charge is 2.18. The Kier molecular flexibility index (Phi) is 4.41. The summed E-state index contributed by atoms with van der Waals surface area (Å²) in [6.45, 7) is 1.91. The highest BCUT2D eigenvalue weighted by Crippen LogP contribution is 2.35. The molecule has 0 saturated carbocycles. The molecule has 4 rings (SSSR count). The zero-order valence-corrected chi connectivity index (χ0v) is 14.0. The topological polar surface area (TPSA) is 63.7 Å². The van der Waals surface area contributed by atoms with E-state index in [1.165, 1.54) is 12.8 Å². The number of rotatable bonds is 3. The number of carbonyl (C=O) groups is 1. The number of benzene rings is 1. The molecule has 25 heavy (non-hydrogen) atoms. The summed E-state index contributed by atoms with van der Waals surface area (Å²) in [6.07, 6.45) is 7.91. The number of hydrogen-bond acceptors (Lipinski definition) is 5. The minimum Gasteiger partial charge on any atom is -0.454 e. The lowest BCUT2D eigenvalue weighted by molar-refractivity contribution is 0.0761. The first-order valence-electron chi connectivity index (χ1n) is 8.70.